The molecule has 0 radical (unpaired) electrons. The highest BCUT2D eigenvalue weighted by atomic mass is 19.1. The van der Waals surface area contributed by atoms with Crippen LogP contribution in [-0.2, 0) is 4.74 Å². The molecule has 1 amide bonds. The Morgan fingerprint density at radius 1 is 1.47 bits per heavy atom. The number of hydrogen-bond donors (Lipinski definition) is 3. The zero-order chi connectivity index (χ0) is 12.7. The summed E-state index contributed by atoms with van der Waals surface area (Å²) in [5.41, 5.74) is 5.37. The summed E-state index contributed by atoms with van der Waals surface area (Å²) in [4.78, 5) is 11.5. The zero-order valence-electron chi connectivity index (χ0n) is 9.28. The van der Waals surface area contributed by atoms with Gasteiger partial charge in [0, 0.05) is 18.7 Å². The van der Waals surface area contributed by atoms with E-state index < -0.39 is 17.5 Å². The van der Waals surface area contributed by atoms with Crippen LogP contribution in [0.15, 0.2) is 18.2 Å². The minimum absolute atomic E-state index is 0.152. The molecular weight excluding hydrogens is 227 g/mol. The molecule has 0 aromatic heterocycles. The molecule has 0 saturated carbocycles. The first-order chi connectivity index (χ1) is 8.15. The van der Waals surface area contributed by atoms with Gasteiger partial charge in [0.2, 0.25) is 0 Å². The van der Waals surface area contributed by atoms with Crippen LogP contribution in [0.4, 0.5) is 4.39 Å². The third-order valence-electron chi connectivity index (χ3n) is 2.00. The van der Waals surface area contributed by atoms with Crippen LogP contribution < -0.4 is 11.1 Å². The maximum atomic E-state index is 13.0. The van der Waals surface area contributed by atoms with Crippen LogP contribution in [0.5, 0.6) is 5.75 Å². The number of aromatic hydroxyl groups is 1. The summed E-state index contributed by atoms with van der Waals surface area (Å²) in [6.07, 6.45) is 0. The molecule has 5 nitrogen and oxygen atoms in total. The molecular formula is C11H15FN2O3. The Labute approximate surface area is 98.4 Å². The summed E-state index contributed by atoms with van der Waals surface area (Å²) in [5.74, 6) is -1.72. The smallest absolute Gasteiger partial charge is 0.251 e. The first-order valence-electron chi connectivity index (χ1n) is 5.19. The maximum absolute atomic E-state index is 13.0. The molecule has 0 spiro atoms. The van der Waals surface area contributed by atoms with E-state index in [1.165, 1.54) is 6.07 Å². The molecule has 0 aliphatic carbocycles. The molecule has 17 heavy (non-hydrogen) atoms. The molecule has 0 fully saturated rings. The maximum Gasteiger partial charge on any atom is 0.251 e. The number of carbonyl (C=O) groups is 1. The van der Waals surface area contributed by atoms with E-state index in [-0.39, 0.29) is 5.56 Å². The summed E-state index contributed by atoms with van der Waals surface area (Å²) < 4.78 is 18.0. The number of ether oxygens (including phenoxy) is 1. The topological polar surface area (TPSA) is 84.6 Å². The van der Waals surface area contributed by atoms with Gasteiger partial charge in [-0.15, -0.1) is 0 Å². The van der Waals surface area contributed by atoms with Crippen LogP contribution in [0.3, 0.4) is 0 Å². The Morgan fingerprint density at radius 2 is 2.24 bits per heavy atom. The van der Waals surface area contributed by atoms with Crippen molar-refractivity contribution in [3.05, 3.63) is 29.6 Å². The lowest BCUT2D eigenvalue weighted by atomic mass is 10.2. The van der Waals surface area contributed by atoms with Gasteiger partial charge in [-0.3, -0.25) is 4.79 Å². The molecule has 0 aliphatic rings. The SMILES string of the molecule is NCCOCCNC(=O)c1ccc(O)c(F)c1. The molecule has 1 aromatic rings. The van der Waals surface area contributed by atoms with Gasteiger partial charge in [-0.2, -0.15) is 0 Å². The van der Waals surface area contributed by atoms with Crippen LogP contribution in [0.1, 0.15) is 10.4 Å². The number of amides is 1. The highest BCUT2D eigenvalue weighted by Crippen LogP contribution is 2.15. The molecule has 1 rings (SSSR count). The predicted octanol–water partition coefficient (Wildman–Crippen LogP) is 0.236. The Bertz CT molecular complexity index is 385. The Kier molecular flexibility index (Phi) is 5.38. The van der Waals surface area contributed by atoms with Crippen molar-refractivity contribution in [1.29, 1.82) is 0 Å². The van der Waals surface area contributed by atoms with Crippen LogP contribution in [0.25, 0.3) is 0 Å². The zero-order valence-corrected chi connectivity index (χ0v) is 9.28. The lowest BCUT2D eigenvalue weighted by molar-refractivity contribution is 0.0919. The van der Waals surface area contributed by atoms with Gasteiger partial charge in [0.05, 0.1) is 13.2 Å². The normalized spacial score (nSPS) is 10.2. The highest BCUT2D eigenvalue weighted by molar-refractivity contribution is 5.94. The fourth-order valence-electron chi connectivity index (χ4n) is 1.17. The van der Waals surface area contributed by atoms with Crippen molar-refractivity contribution in [2.24, 2.45) is 5.73 Å². The monoisotopic (exact) mass is 242 g/mol. The standard InChI is InChI=1S/C11H15FN2O3/c12-9-7-8(1-2-10(9)15)11(16)14-4-6-17-5-3-13/h1-2,7,15H,3-6,13H2,(H,14,16). The summed E-state index contributed by atoms with van der Waals surface area (Å²) in [5, 5.41) is 11.5. The van der Waals surface area contributed by atoms with E-state index in [0.29, 0.717) is 26.3 Å². The largest absolute Gasteiger partial charge is 0.505 e. The molecule has 0 unspecified atom stereocenters. The summed E-state index contributed by atoms with van der Waals surface area (Å²) in [6.45, 7) is 1.53. The van der Waals surface area contributed by atoms with Gasteiger partial charge in [-0.25, -0.2) is 4.39 Å². The van der Waals surface area contributed by atoms with E-state index in [2.05, 4.69) is 5.32 Å². The van der Waals surface area contributed by atoms with Crippen LogP contribution in [0.2, 0.25) is 0 Å². The molecule has 6 heteroatoms. The number of benzene rings is 1. The molecule has 1 aromatic carbocycles. The molecule has 0 saturated heterocycles. The van der Waals surface area contributed by atoms with Crippen LogP contribution >= 0.6 is 0 Å². The van der Waals surface area contributed by atoms with Crippen molar-refractivity contribution < 1.29 is 19.0 Å². The van der Waals surface area contributed by atoms with E-state index in [1.54, 1.807) is 0 Å². The number of rotatable bonds is 6. The van der Waals surface area contributed by atoms with Gasteiger partial charge in [0.15, 0.2) is 11.6 Å². The predicted molar refractivity (Wildman–Crippen MR) is 60.3 cm³/mol. The van der Waals surface area contributed by atoms with E-state index >= 15 is 0 Å². The van der Waals surface area contributed by atoms with E-state index in [0.717, 1.165) is 12.1 Å². The quantitative estimate of drug-likeness (QED) is 0.624. The second-order valence-electron chi connectivity index (χ2n) is 3.32. The first-order valence-corrected chi connectivity index (χ1v) is 5.19. The minimum atomic E-state index is -0.822. The first kappa shape index (κ1) is 13.4. The summed E-state index contributed by atoms with van der Waals surface area (Å²) in [6, 6.07) is 3.45. The minimum Gasteiger partial charge on any atom is -0.505 e. The molecule has 0 bridgehead atoms. The number of phenols is 1. The van der Waals surface area contributed by atoms with Gasteiger partial charge in [-0.1, -0.05) is 0 Å². The Morgan fingerprint density at radius 3 is 2.88 bits per heavy atom. The highest BCUT2D eigenvalue weighted by Gasteiger charge is 2.08. The van der Waals surface area contributed by atoms with Gasteiger partial charge < -0.3 is 20.9 Å². The second kappa shape index (κ2) is 6.82. The third-order valence-corrected chi connectivity index (χ3v) is 2.00. The molecule has 94 valence electrons. The van der Waals surface area contributed by atoms with Gasteiger partial charge in [0.1, 0.15) is 0 Å². The number of halogens is 1. The van der Waals surface area contributed by atoms with Crippen molar-refractivity contribution >= 4 is 5.91 Å². The second-order valence-corrected chi connectivity index (χ2v) is 3.32. The Balaban J connectivity index is 2.39. The van der Waals surface area contributed by atoms with Crippen molar-refractivity contribution in [3.8, 4) is 5.75 Å². The van der Waals surface area contributed by atoms with Gasteiger partial charge in [-0.05, 0) is 18.2 Å². The number of hydrogen-bond acceptors (Lipinski definition) is 4. The van der Waals surface area contributed by atoms with Crippen LogP contribution in [-0.4, -0.2) is 37.3 Å². The number of phenolic OH excluding ortho intramolecular Hbond substituents is 1. The molecule has 0 atom stereocenters. The number of nitrogens with two attached hydrogens (primary N) is 1. The van der Waals surface area contributed by atoms with Crippen molar-refractivity contribution in [2.75, 3.05) is 26.3 Å². The fraction of sp³-hybridized carbons (Fsp3) is 0.364. The third kappa shape index (κ3) is 4.38. The lowest BCUT2D eigenvalue weighted by Gasteiger charge is -2.06. The van der Waals surface area contributed by atoms with Gasteiger partial charge >= 0.3 is 0 Å². The van der Waals surface area contributed by atoms with E-state index in [1.807, 2.05) is 0 Å². The fourth-order valence-corrected chi connectivity index (χ4v) is 1.17. The van der Waals surface area contributed by atoms with Gasteiger partial charge in [0.25, 0.3) is 5.91 Å². The number of nitrogens with one attached hydrogen (secondary N) is 1. The van der Waals surface area contributed by atoms with E-state index in [4.69, 9.17) is 15.6 Å². The average Bonchev–Trinajstić information content (AvgIpc) is 2.32. The molecule has 0 heterocycles. The molecule has 4 N–H and O–H groups in total. The summed E-state index contributed by atoms with van der Waals surface area (Å²) in [7, 11) is 0. The van der Waals surface area contributed by atoms with Crippen molar-refractivity contribution in [2.45, 2.75) is 0 Å². The molecule has 0 aliphatic heterocycles. The van der Waals surface area contributed by atoms with Crippen molar-refractivity contribution in [1.82, 2.24) is 5.32 Å². The summed E-state index contributed by atoms with van der Waals surface area (Å²) >= 11 is 0. The van der Waals surface area contributed by atoms with Crippen LogP contribution in [0, 0.1) is 5.82 Å². The Hall–Kier alpha value is -1.66. The lowest BCUT2D eigenvalue weighted by Crippen LogP contribution is -2.27. The van der Waals surface area contributed by atoms with E-state index in [9.17, 15) is 9.18 Å². The number of carbonyl (C=O) groups excluding carboxylic acids is 1. The van der Waals surface area contributed by atoms with Crippen molar-refractivity contribution in [3.63, 3.8) is 0 Å². The average molecular weight is 242 g/mol.